The number of halogens is 1. The SMILES string of the molecule is Cc1cncnc1N1CCN(C(=O)c2ccc(Br)cc2)CC1. The van der Waals surface area contributed by atoms with Gasteiger partial charge < -0.3 is 9.80 Å². The average Bonchev–Trinajstić information content (AvgIpc) is 2.56. The average molecular weight is 361 g/mol. The Balaban J connectivity index is 1.65. The molecule has 0 aliphatic carbocycles. The number of anilines is 1. The molecule has 2 aromatic rings. The molecule has 1 saturated heterocycles. The molecule has 0 N–H and O–H groups in total. The number of carbonyl (C=O) groups is 1. The van der Waals surface area contributed by atoms with Crippen LogP contribution >= 0.6 is 15.9 Å². The summed E-state index contributed by atoms with van der Waals surface area (Å²) in [7, 11) is 0. The molecule has 1 aromatic carbocycles. The highest BCUT2D eigenvalue weighted by molar-refractivity contribution is 9.10. The standard InChI is InChI=1S/C16H17BrN4O/c1-12-10-18-11-19-15(12)20-6-8-21(9-7-20)16(22)13-2-4-14(17)5-3-13/h2-5,10-11H,6-9H2,1H3. The van der Waals surface area contributed by atoms with E-state index in [9.17, 15) is 4.79 Å². The van der Waals surface area contributed by atoms with Gasteiger partial charge in [0.25, 0.3) is 5.91 Å². The van der Waals surface area contributed by atoms with Crippen molar-refractivity contribution in [3.05, 3.63) is 52.4 Å². The third kappa shape index (κ3) is 3.11. The van der Waals surface area contributed by atoms with E-state index in [0.717, 1.165) is 34.5 Å². The number of aromatic nitrogens is 2. The van der Waals surface area contributed by atoms with Crippen molar-refractivity contribution in [2.24, 2.45) is 0 Å². The summed E-state index contributed by atoms with van der Waals surface area (Å²) in [4.78, 5) is 25.0. The van der Waals surface area contributed by atoms with Crippen LogP contribution in [0.5, 0.6) is 0 Å². The van der Waals surface area contributed by atoms with Gasteiger partial charge in [-0.2, -0.15) is 0 Å². The highest BCUT2D eigenvalue weighted by atomic mass is 79.9. The van der Waals surface area contributed by atoms with Gasteiger partial charge in [0.1, 0.15) is 12.1 Å². The molecule has 5 nitrogen and oxygen atoms in total. The first kappa shape index (κ1) is 15.0. The molecular weight excluding hydrogens is 344 g/mol. The number of carbonyl (C=O) groups excluding carboxylic acids is 1. The summed E-state index contributed by atoms with van der Waals surface area (Å²) in [5, 5.41) is 0. The Bertz CT molecular complexity index is 666. The Labute approximate surface area is 138 Å². The fraction of sp³-hybridized carbons (Fsp3) is 0.312. The van der Waals surface area contributed by atoms with Crippen molar-refractivity contribution in [3.8, 4) is 0 Å². The van der Waals surface area contributed by atoms with E-state index < -0.39 is 0 Å². The highest BCUT2D eigenvalue weighted by Crippen LogP contribution is 2.18. The minimum Gasteiger partial charge on any atom is -0.353 e. The van der Waals surface area contributed by atoms with E-state index in [1.165, 1.54) is 0 Å². The van der Waals surface area contributed by atoms with Gasteiger partial charge in [-0.15, -0.1) is 0 Å². The summed E-state index contributed by atoms with van der Waals surface area (Å²) < 4.78 is 0.980. The predicted octanol–water partition coefficient (Wildman–Crippen LogP) is 2.51. The van der Waals surface area contributed by atoms with Crippen LogP contribution in [0.25, 0.3) is 0 Å². The van der Waals surface area contributed by atoms with Crippen molar-refractivity contribution < 1.29 is 4.79 Å². The van der Waals surface area contributed by atoms with Crippen molar-refractivity contribution in [2.45, 2.75) is 6.92 Å². The van der Waals surface area contributed by atoms with Gasteiger partial charge in [-0.05, 0) is 31.2 Å². The molecule has 1 aromatic heterocycles. The van der Waals surface area contributed by atoms with E-state index in [2.05, 4.69) is 30.8 Å². The number of aryl methyl sites for hydroxylation is 1. The second-order valence-electron chi connectivity index (χ2n) is 5.32. The number of hydrogen-bond donors (Lipinski definition) is 0. The van der Waals surface area contributed by atoms with Gasteiger partial charge in [0.05, 0.1) is 0 Å². The normalized spacial score (nSPS) is 15.0. The van der Waals surface area contributed by atoms with Gasteiger partial charge >= 0.3 is 0 Å². The monoisotopic (exact) mass is 360 g/mol. The maximum absolute atomic E-state index is 12.5. The van der Waals surface area contributed by atoms with E-state index in [1.807, 2.05) is 42.3 Å². The lowest BCUT2D eigenvalue weighted by atomic mass is 10.2. The van der Waals surface area contributed by atoms with E-state index in [1.54, 1.807) is 6.33 Å². The Morgan fingerprint density at radius 2 is 1.82 bits per heavy atom. The van der Waals surface area contributed by atoms with Crippen LogP contribution in [0.15, 0.2) is 41.3 Å². The van der Waals surface area contributed by atoms with Crippen molar-refractivity contribution >= 4 is 27.7 Å². The topological polar surface area (TPSA) is 49.3 Å². The summed E-state index contributed by atoms with van der Waals surface area (Å²) in [6.07, 6.45) is 3.39. The van der Waals surface area contributed by atoms with Crippen LogP contribution in [-0.4, -0.2) is 47.0 Å². The van der Waals surface area contributed by atoms with Gasteiger partial charge in [0, 0.05) is 48.0 Å². The largest absolute Gasteiger partial charge is 0.353 e. The maximum Gasteiger partial charge on any atom is 0.253 e. The molecule has 0 bridgehead atoms. The van der Waals surface area contributed by atoms with Crippen LogP contribution < -0.4 is 4.90 Å². The highest BCUT2D eigenvalue weighted by Gasteiger charge is 2.23. The number of rotatable bonds is 2. The zero-order chi connectivity index (χ0) is 15.5. The first-order valence-electron chi connectivity index (χ1n) is 7.21. The van der Waals surface area contributed by atoms with Crippen LogP contribution in [0.1, 0.15) is 15.9 Å². The fourth-order valence-electron chi connectivity index (χ4n) is 2.62. The smallest absolute Gasteiger partial charge is 0.253 e. The van der Waals surface area contributed by atoms with Crippen LogP contribution in [0.4, 0.5) is 5.82 Å². The molecule has 3 rings (SSSR count). The molecule has 0 spiro atoms. The Hall–Kier alpha value is -1.95. The second kappa shape index (κ2) is 6.44. The Morgan fingerprint density at radius 3 is 2.45 bits per heavy atom. The molecule has 0 unspecified atom stereocenters. The minimum absolute atomic E-state index is 0.0894. The molecule has 1 fully saturated rings. The summed E-state index contributed by atoms with van der Waals surface area (Å²) in [5.41, 5.74) is 1.80. The van der Waals surface area contributed by atoms with Gasteiger partial charge in [0.15, 0.2) is 0 Å². The van der Waals surface area contributed by atoms with Crippen molar-refractivity contribution in [3.63, 3.8) is 0 Å². The first-order chi connectivity index (χ1) is 10.6. The number of nitrogens with zero attached hydrogens (tertiary/aromatic N) is 4. The summed E-state index contributed by atoms with van der Waals surface area (Å²) in [6.45, 7) is 5.01. The summed E-state index contributed by atoms with van der Waals surface area (Å²) in [6, 6.07) is 7.50. The number of amides is 1. The number of benzene rings is 1. The van der Waals surface area contributed by atoms with Crippen molar-refractivity contribution in [1.29, 1.82) is 0 Å². The summed E-state index contributed by atoms with van der Waals surface area (Å²) >= 11 is 3.39. The molecule has 1 aliphatic heterocycles. The minimum atomic E-state index is 0.0894. The fourth-order valence-corrected chi connectivity index (χ4v) is 2.88. The van der Waals surface area contributed by atoms with Crippen molar-refractivity contribution in [1.82, 2.24) is 14.9 Å². The van der Waals surface area contributed by atoms with Crippen LogP contribution in [-0.2, 0) is 0 Å². The molecule has 2 heterocycles. The third-order valence-corrected chi connectivity index (χ3v) is 4.35. The Kier molecular flexibility index (Phi) is 4.38. The predicted molar refractivity (Wildman–Crippen MR) is 89.0 cm³/mol. The van der Waals surface area contributed by atoms with Crippen LogP contribution in [0.3, 0.4) is 0 Å². The molecule has 1 amide bonds. The molecule has 114 valence electrons. The van der Waals surface area contributed by atoms with E-state index in [0.29, 0.717) is 13.1 Å². The first-order valence-corrected chi connectivity index (χ1v) is 8.01. The lowest BCUT2D eigenvalue weighted by molar-refractivity contribution is 0.0746. The maximum atomic E-state index is 12.5. The van der Waals surface area contributed by atoms with E-state index in [4.69, 9.17) is 0 Å². The zero-order valence-corrected chi connectivity index (χ0v) is 14.0. The molecule has 0 radical (unpaired) electrons. The quantitative estimate of drug-likeness (QED) is 0.825. The summed E-state index contributed by atoms with van der Waals surface area (Å²) in [5.74, 6) is 1.05. The number of hydrogen-bond acceptors (Lipinski definition) is 4. The molecule has 22 heavy (non-hydrogen) atoms. The molecule has 6 heteroatoms. The van der Waals surface area contributed by atoms with Crippen molar-refractivity contribution in [2.75, 3.05) is 31.1 Å². The molecule has 0 saturated carbocycles. The second-order valence-corrected chi connectivity index (χ2v) is 6.23. The van der Waals surface area contributed by atoms with E-state index >= 15 is 0 Å². The lowest BCUT2D eigenvalue weighted by Crippen LogP contribution is -2.49. The number of piperazine rings is 1. The van der Waals surface area contributed by atoms with Crippen LogP contribution in [0.2, 0.25) is 0 Å². The van der Waals surface area contributed by atoms with Gasteiger partial charge in [-0.3, -0.25) is 4.79 Å². The molecule has 1 aliphatic rings. The molecular formula is C16H17BrN4O. The van der Waals surface area contributed by atoms with Gasteiger partial charge in [-0.1, -0.05) is 15.9 Å². The van der Waals surface area contributed by atoms with Gasteiger partial charge in [-0.25, -0.2) is 9.97 Å². The van der Waals surface area contributed by atoms with Gasteiger partial charge in [0.2, 0.25) is 0 Å². The lowest BCUT2D eigenvalue weighted by Gasteiger charge is -2.36. The molecule has 0 atom stereocenters. The Morgan fingerprint density at radius 1 is 1.14 bits per heavy atom. The van der Waals surface area contributed by atoms with Crippen LogP contribution in [0, 0.1) is 6.92 Å². The van der Waals surface area contributed by atoms with E-state index in [-0.39, 0.29) is 5.91 Å². The zero-order valence-electron chi connectivity index (χ0n) is 12.4. The third-order valence-electron chi connectivity index (χ3n) is 3.83.